The van der Waals surface area contributed by atoms with Crippen LogP contribution in [0.2, 0.25) is 0 Å². The molecule has 1 aliphatic heterocycles. The Morgan fingerprint density at radius 1 is 0.978 bits per heavy atom. The van der Waals surface area contributed by atoms with Gasteiger partial charge in [-0.15, -0.1) is 0 Å². The zero-order chi connectivity index (χ0) is 32.5. The fourth-order valence-electron chi connectivity index (χ4n) is 5.26. The van der Waals surface area contributed by atoms with Gasteiger partial charge in [0.1, 0.15) is 12.4 Å². The molecule has 0 radical (unpaired) electrons. The van der Waals surface area contributed by atoms with Crippen LogP contribution in [0.1, 0.15) is 42.0 Å². The predicted molar refractivity (Wildman–Crippen MR) is 185 cm³/mol. The summed E-state index contributed by atoms with van der Waals surface area (Å²) in [4.78, 5) is 18.8. The summed E-state index contributed by atoms with van der Waals surface area (Å²) >= 11 is 7.35. The molecule has 0 fully saturated rings. The summed E-state index contributed by atoms with van der Waals surface area (Å²) in [6.45, 7) is 6.64. The number of rotatable bonds is 9. The van der Waals surface area contributed by atoms with Crippen LogP contribution < -0.4 is 29.2 Å². The first kappa shape index (κ1) is 31.6. The number of hydrogen-bond donors (Lipinski definition) is 0. The molecule has 0 saturated heterocycles. The average molecular weight is 749 g/mol. The number of hydrogen-bond acceptors (Lipinski definition) is 8. The lowest BCUT2D eigenvalue weighted by Gasteiger charge is -2.18. The van der Waals surface area contributed by atoms with Crippen molar-refractivity contribution in [2.45, 2.75) is 33.3 Å². The van der Waals surface area contributed by atoms with E-state index in [-0.39, 0.29) is 24.9 Å². The van der Waals surface area contributed by atoms with E-state index in [4.69, 9.17) is 33.8 Å². The molecule has 0 unspecified atom stereocenters. The quantitative estimate of drug-likeness (QED) is 0.140. The molecular formula is C35H31Br2N3O6. The molecule has 0 atom stereocenters. The topological polar surface area (TPSA) is 93.4 Å². The lowest BCUT2D eigenvalue weighted by molar-refractivity contribution is 0.174. The third-order valence-corrected chi connectivity index (χ3v) is 9.84. The molecule has 0 bridgehead atoms. The van der Waals surface area contributed by atoms with Gasteiger partial charge in [0.15, 0.2) is 28.8 Å². The molecule has 4 aromatic carbocycles. The Labute approximate surface area is 283 Å². The summed E-state index contributed by atoms with van der Waals surface area (Å²) in [6, 6.07) is 18.7. The number of ether oxygens (including phenoxy) is 5. The van der Waals surface area contributed by atoms with Crippen molar-refractivity contribution in [2.75, 3.05) is 21.0 Å². The minimum atomic E-state index is -0.288. The molecule has 0 spiro atoms. The number of fused-ring (bicyclic) bond motifs is 2. The summed E-state index contributed by atoms with van der Waals surface area (Å²) in [5.74, 6) is 3.77. The normalized spacial score (nSPS) is 12.3. The van der Waals surface area contributed by atoms with Crippen molar-refractivity contribution < 1.29 is 23.7 Å². The van der Waals surface area contributed by atoms with E-state index in [2.05, 4.69) is 45.7 Å². The Bertz CT molecular complexity index is 2060. The van der Waals surface area contributed by atoms with Gasteiger partial charge < -0.3 is 23.7 Å². The largest absolute Gasteiger partial charge is 0.496 e. The highest BCUT2D eigenvalue weighted by Gasteiger charge is 2.21. The van der Waals surface area contributed by atoms with Crippen LogP contribution in [-0.4, -0.2) is 36.9 Å². The highest BCUT2D eigenvalue weighted by Crippen LogP contribution is 2.43. The number of para-hydroxylation sites is 1. The van der Waals surface area contributed by atoms with Crippen molar-refractivity contribution in [3.05, 3.63) is 102 Å². The van der Waals surface area contributed by atoms with E-state index in [1.54, 1.807) is 32.6 Å². The first-order chi connectivity index (χ1) is 22.2. The Morgan fingerprint density at radius 3 is 2.50 bits per heavy atom. The van der Waals surface area contributed by atoms with Gasteiger partial charge in [-0.3, -0.25) is 4.79 Å². The van der Waals surface area contributed by atoms with Crippen molar-refractivity contribution in [3.63, 3.8) is 0 Å². The lowest BCUT2D eigenvalue weighted by atomic mass is 9.96. The number of benzene rings is 4. The number of aryl methyl sites for hydroxylation is 1. The van der Waals surface area contributed by atoms with Crippen LogP contribution in [0.3, 0.4) is 0 Å². The summed E-state index contributed by atoms with van der Waals surface area (Å²) < 4.78 is 31.1. The molecule has 11 heteroatoms. The minimum Gasteiger partial charge on any atom is -0.496 e. The van der Waals surface area contributed by atoms with Gasteiger partial charge in [-0.1, -0.05) is 32.0 Å². The van der Waals surface area contributed by atoms with E-state index >= 15 is 0 Å². The fraction of sp³-hybridized carbons (Fsp3) is 0.229. The standard InChI is InChI=1S/C35H31Br2N3O6/c1-19(2)24-15-25(20(3)12-28(24)42-4)34-39-26-9-7-6-8-23(26)35(41)40(34)38-16-22-14-30(43-5)33(32(37)31(22)36)44-17-21-10-11-27-29(13-21)46-18-45-27/h6-16,19H,17-18H2,1-5H3. The second-order valence-corrected chi connectivity index (χ2v) is 12.6. The van der Waals surface area contributed by atoms with E-state index in [1.165, 1.54) is 4.68 Å². The van der Waals surface area contributed by atoms with Crippen molar-refractivity contribution >= 4 is 49.0 Å². The van der Waals surface area contributed by atoms with Crippen LogP contribution in [0.4, 0.5) is 0 Å². The molecule has 0 amide bonds. The van der Waals surface area contributed by atoms with E-state index in [0.717, 1.165) is 28.0 Å². The number of methoxy groups -OCH3 is 2. The number of aromatic nitrogens is 2. The highest BCUT2D eigenvalue weighted by atomic mass is 79.9. The maximum Gasteiger partial charge on any atom is 0.282 e. The molecule has 236 valence electrons. The van der Waals surface area contributed by atoms with Gasteiger partial charge in [0.25, 0.3) is 5.56 Å². The molecule has 5 aromatic rings. The maximum absolute atomic E-state index is 13.9. The zero-order valence-electron chi connectivity index (χ0n) is 25.9. The molecule has 9 nitrogen and oxygen atoms in total. The number of halogens is 2. The van der Waals surface area contributed by atoms with Crippen LogP contribution in [0.5, 0.6) is 28.7 Å². The SMILES string of the molecule is COc1cc(C)c(-c2nc3ccccc3c(=O)n2N=Cc2cc(OC)c(OCc3ccc4c(c3)OCO4)c(Br)c2Br)cc1C(C)C. The fourth-order valence-corrected chi connectivity index (χ4v) is 6.20. The van der Waals surface area contributed by atoms with Gasteiger partial charge in [0.2, 0.25) is 6.79 Å². The average Bonchev–Trinajstić information content (AvgIpc) is 3.53. The van der Waals surface area contributed by atoms with Gasteiger partial charge in [-0.2, -0.15) is 9.78 Å². The Balaban J connectivity index is 1.41. The van der Waals surface area contributed by atoms with E-state index < -0.39 is 0 Å². The van der Waals surface area contributed by atoms with Crippen molar-refractivity contribution in [1.29, 1.82) is 0 Å². The van der Waals surface area contributed by atoms with Crippen LogP contribution in [0.15, 0.2) is 79.5 Å². The molecule has 1 aliphatic rings. The molecule has 0 aliphatic carbocycles. The molecule has 2 heterocycles. The second kappa shape index (κ2) is 13.2. The van der Waals surface area contributed by atoms with Crippen LogP contribution >= 0.6 is 31.9 Å². The summed E-state index contributed by atoms with van der Waals surface area (Å²) in [7, 11) is 3.23. The summed E-state index contributed by atoms with van der Waals surface area (Å²) in [5, 5.41) is 5.17. The Hall–Kier alpha value is -4.35. The van der Waals surface area contributed by atoms with Crippen molar-refractivity contribution in [3.8, 4) is 40.1 Å². The smallest absolute Gasteiger partial charge is 0.282 e. The first-order valence-electron chi connectivity index (χ1n) is 14.5. The Morgan fingerprint density at radius 2 is 1.74 bits per heavy atom. The first-order valence-corrected chi connectivity index (χ1v) is 16.1. The number of nitrogens with zero attached hydrogens (tertiary/aromatic N) is 3. The van der Waals surface area contributed by atoms with Gasteiger partial charge in [0.05, 0.1) is 35.8 Å². The highest BCUT2D eigenvalue weighted by molar-refractivity contribution is 9.13. The van der Waals surface area contributed by atoms with E-state index in [0.29, 0.717) is 54.2 Å². The third kappa shape index (κ3) is 5.96. The molecule has 1 aromatic heterocycles. The second-order valence-electron chi connectivity index (χ2n) is 11.0. The van der Waals surface area contributed by atoms with Crippen LogP contribution in [-0.2, 0) is 6.61 Å². The van der Waals surface area contributed by atoms with Crippen molar-refractivity contribution in [2.24, 2.45) is 5.10 Å². The zero-order valence-corrected chi connectivity index (χ0v) is 29.1. The van der Waals surface area contributed by atoms with Gasteiger partial charge >= 0.3 is 0 Å². The molecular weight excluding hydrogens is 718 g/mol. The molecule has 46 heavy (non-hydrogen) atoms. The van der Waals surface area contributed by atoms with Gasteiger partial charge in [-0.25, -0.2) is 4.98 Å². The van der Waals surface area contributed by atoms with Gasteiger partial charge in [0, 0.05) is 15.6 Å². The monoisotopic (exact) mass is 747 g/mol. The predicted octanol–water partition coefficient (Wildman–Crippen LogP) is 8.23. The third-order valence-electron chi connectivity index (χ3n) is 7.70. The minimum absolute atomic E-state index is 0.185. The van der Waals surface area contributed by atoms with Crippen LogP contribution in [0.25, 0.3) is 22.3 Å². The molecule has 6 rings (SSSR count). The maximum atomic E-state index is 13.9. The van der Waals surface area contributed by atoms with Crippen molar-refractivity contribution in [1.82, 2.24) is 9.66 Å². The molecule has 0 saturated carbocycles. The Kier molecular flexibility index (Phi) is 9.06. The summed E-state index contributed by atoms with van der Waals surface area (Å²) in [6.07, 6.45) is 1.60. The lowest BCUT2D eigenvalue weighted by Crippen LogP contribution is -2.21. The van der Waals surface area contributed by atoms with Gasteiger partial charge in [-0.05, 0) is 104 Å². The van der Waals surface area contributed by atoms with Crippen LogP contribution in [0, 0.1) is 6.92 Å². The van der Waals surface area contributed by atoms with E-state index in [9.17, 15) is 4.79 Å². The summed E-state index contributed by atoms with van der Waals surface area (Å²) in [5.41, 5.74) is 4.56. The molecule has 0 N–H and O–H groups in total. The van der Waals surface area contributed by atoms with E-state index in [1.807, 2.05) is 55.5 Å².